The number of nitrogens with zero attached hydrogens (tertiary/aromatic N) is 3. The highest BCUT2D eigenvalue weighted by Crippen LogP contribution is 2.35. The molecule has 3 fully saturated rings. The number of thioether (sulfide) groups is 2. The Bertz CT molecular complexity index is 949. The van der Waals surface area contributed by atoms with Gasteiger partial charge in [-0.2, -0.15) is 0 Å². The molecule has 1 aromatic carbocycles. The van der Waals surface area contributed by atoms with Crippen LogP contribution in [-0.4, -0.2) is 131 Å². The molecule has 4 N–H and O–H groups in total. The van der Waals surface area contributed by atoms with Crippen LogP contribution in [0.4, 0.5) is 5.69 Å². The number of anilines is 1. The third-order valence-electron chi connectivity index (χ3n) is 8.67. The van der Waals surface area contributed by atoms with Crippen LogP contribution in [0.5, 0.6) is 0 Å². The van der Waals surface area contributed by atoms with Crippen LogP contribution in [0.25, 0.3) is 0 Å². The first kappa shape index (κ1) is 31.9. The van der Waals surface area contributed by atoms with Gasteiger partial charge in [0.15, 0.2) is 0 Å². The number of hydrogen-bond acceptors (Lipinski definition) is 10. The fourth-order valence-electron chi connectivity index (χ4n) is 6.21. The summed E-state index contributed by atoms with van der Waals surface area (Å²) in [5.74, 6) is 0.408. The van der Waals surface area contributed by atoms with Crippen molar-refractivity contribution in [1.82, 2.24) is 15.1 Å². The van der Waals surface area contributed by atoms with Gasteiger partial charge < -0.3 is 35.2 Å². The smallest absolute Gasteiger partial charge is 0.237 e. The standard InChI is InChI=1S/C29H48N4O5S2/c1-6-7-19-16-22(32(4)17-19)28(37)30-23(27-25(35)24(34)26(36)29(38-27)39-5)18(2)40-21-10-8-20(9-11-21)33-14-12-31(3)13-15-33/h8-11,18-19,22-27,29,34-36H,6-7,12-17H2,1-5H3,(H,30,37)/t18-,19-,22+,23?,24+,25-,26-,27-,29-/m1/s1. The Morgan fingerprint density at radius 3 is 2.38 bits per heavy atom. The Morgan fingerprint density at radius 2 is 1.75 bits per heavy atom. The SMILES string of the molecule is CCC[C@@H]1C[C@@H](C(=O)NC([C@H]2O[C@H](SC)[C@H](O)[C@@H](O)[C@H]2O)[C@@H](C)Sc2ccc(N3CCN(C)CC3)cc2)N(C)C1. The Kier molecular flexibility index (Phi) is 11.5. The van der Waals surface area contributed by atoms with Crippen LogP contribution in [0.1, 0.15) is 33.1 Å². The van der Waals surface area contributed by atoms with Gasteiger partial charge in [-0.25, -0.2) is 0 Å². The highest BCUT2D eigenvalue weighted by Gasteiger charge is 2.48. The number of ether oxygens (including phenoxy) is 1. The monoisotopic (exact) mass is 596 g/mol. The molecule has 9 atom stereocenters. The zero-order chi connectivity index (χ0) is 29.0. The predicted molar refractivity (Wildman–Crippen MR) is 163 cm³/mol. The third-order valence-corrected chi connectivity index (χ3v) is 10.7. The van der Waals surface area contributed by atoms with E-state index in [-0.39, 0.29) is 17.2 Å². The van der Waals surface area contributed by atoms with Crippen LogP contribution >= 0.6 is 23.5 Å². The molecule has 0 bridgehead atoms. The molecule has 0 spiro atoms. The lowest BCUT2D eigenvalue weighted by molar-refractivity contribution is -0.205. The minimum atomic E-state index is -1.36. The average Bonchev–Trinajstić information content (AvgIpc) is 3.32. The summed E-state index contributed by atoms with van der Waals surface area (Å²) in [4.78, 5) is 21.5. The number of rotatable bonds is 10. The summed E-state index contributed by atoms with van der Waals surface area (Å²) in [6.45, 7) is 9.18. The fraction of sp³-hybridized carbons (Fsp3) is 0.759. The lowest BCUT2D eigenvalue weighted by Gasteiger charge is -2.44. The largest absolute Gasteiger partial charge is 0.388 e. The van der Waals surface area contributed by atoms with Crippen molar-refractivity contribution in [2.45, 2.75) is 85.2 Å². The molecule has 3 saturated heterocycles. The van der Waals surface area contributed by atoms with Crippen LogP contribution in [0.3, 0.4) is 0 Å². The van der Waals surface area contributed by atoms with Crippen LogP contribution in [0.2, 0.25) is 0 Å². The quantitative estimate of drug-likeness (QED) is 0.298. The molecular weight excluding hydrogens is 548 g/mol. The first-order valence-corrected chi connectivity index (χ1v) is 16.7. The minimum Gasteiger partial charge on any atom is -0.388 e. The van der Waals surface area contributed by atoms with E-state index in [0.717, 1.165) is 56.9 Å². The molecule has 0 saturated carbocycles. The molecule has 3 heterocycles. The highest BCUT2D eigenvalue weighted by molar-refractivity contribution is 8.00. The van der Waals surface area contributed by atoms with Gasteiger partial charge in [0.25, 0.3) is 0 Å². The molecule has 1 aromatic rings. The van der Waals surface area contributed by atoms with Crippen molar-refractivity contribution in [3.05, 3.63) is 24.3 Å². The summed E-state index contributed by atoms with van der Waals surface area (Å²) >= 11 is 2.89. The van der Waals surface area contributed by atoms with Crippen LogP contribution in [0.15, 0.2) is 29.2 Å². The summed E-state index contributed by atoms with van der Waals surface area (Å²) in [5, 5.41) is 35.2. The Labute approximate surface area is 248 Å². The fourth-order valence-corrected chi connectivity index (χ4v) is 7.98. The van der Waals surface area contributed by atoms with E-state index in [0.29, 0.717) is 5.92 Å². The molecule has 40 heavy (non-hydrogen) atoms. The van der Waals surface area contributed by atoms with Gasteiger partial charge in [-0.1, -0.05) is 20.3 Å². The van der Waals surface area contributed by atoms with E-state index in [4.69, 9.17) is 4.74 Å². The van der Waals surface area contributed by atoms with Crippen LogP contribution in [-0.2, 0) is 9.53 Å². The van der Waals surface area contributed by atoms with Crippen LogP contribution in [0, 0.1) is 5.92 Å². The van der Waals surface area contributed by atoms with Crippen molar-refractivity contribution in [2.75, 3.05) is 58.0 Å². The Morgan fingerprint density at radius 1 is 1.07 bits per heavy atom. The van der Waals surface area contributed by atoms with Crippen molar-refractivity contribution in [3.63, 3.8) is 0 Å². The first-order valence-electron chi connectivity index (χ1n) is 14.6. The summed E-state index contributed by atoms with van der Waals surface area (Å²) in [5.41, 5.74) is 0.498. The predicted octanol–water partition coefficient (Wildman–Crippen LogP) is 1.69. The topological polar surface area (TPSA) is 109 Å². The number of likely N-dealkylation sites (tertiary alicyclic amines) is 1. The molecule has 0 aliphatic carbocycles. The molecule has 1 unspecified atom stereocenters. The maximum atomic E-state index is 13.6. The number of benzene rings is 1. The van der Waals surface area contributed by atoms with Gasteiger partial charge in [0, 0.05) is 48.6 Å². The first-order chi connectivity index (χ1) is 19.1. The molecule has 3 aliphatic rings. The van der Waals surface area contributed by atoms with Crippen molar-refractivity contribution < 1.29 is 24.9 Å². The molecular formula is C29H48N4O5S2. The zero-order valence-electron chi connectivity index (χ0n) is 24.5. The van der Waals surface area contributed by atoms with Crippen LogP contribution < -0.4 is 10.2 Å². The third kappa shape index (κ3) is 7.47. The van der Waals surface area contributed by atoms with Gasteiger partial charge in [0.1, 0.15) is 29.9 Å². The molecule has 0 radical (unpaired) electrons. The van der Waals surface area contributed by atoms with E-state index in [1.165, 1.54) is 17.4 Å². The van der Waals surface area contributed by atoms with Gasteiger partial charge in [-0.05, 0) is 63.4 Å². The van der Waals surface area contributed by atoms with E-state index < -0.39 is 35.9 Å². The molecule has 0 aromatic heterocycles. The molecule has 4 rings (SSSR count). The molecule has 226 valence electrons. The van der Waals surface area contributed by atoms with Crippen molar-refractivity contribution >= 4 is 35.1 Å². The number of piperazine rings is 1. The lowest BCUT2D eigenvalue weighted by Crippen LogP contribution is -2.65. The molecule has 1 amide bonds. The highest BCUT2D eigenvalue weighted by atomic mass is 32.2. The maximum Gasteiger partial charge on any atom is 0.237 e. The molecule has 3 aliphatic heterocycles. The number of aliphatic hydroxyl groups excluding tert-OH is 3. The number of nitrogens with one attached hydrogen (secondary N) is 1. The molecule has 9 nitrogen and oxygen atoms in total. The number of carbonyl (C=O) groups excluding carboxylic acids is 1. The van der Waals surface area contributed by atoms with Gasteiger partial charge in [0.05, 0.1) is 12.1 Å². The summed E-state index contributed by atoms with van der Waals surface area (Å²) < 4.78 is 6.16. The number of aliphatic hydroxyl groups is 3. The van der Waals surface area contributed by atoms with Crippen molar-refractivity contribution in [1.29, 1.82) is 0 Å². The van der Waals surface area contributed by atoms with Gasteiger partial charge in [-0.15, -0.1) is 23.5 Å². The number of likely N-dealkylation sites (N-methyl/N-ethyl adjacent to an activating group) is 2. The van der Waals surface area contributed by atoms with E-state index in [9.17, 15) is 20.1 Å². The van der Waals surface area contributed by atoms with Gasteiger partial charge in [0.2, 0.25) is 5.91 Å². The number of amides is 1. The Balaban J connectivity index is 1.50. The number of carbonyl (C=O) groups is 1. The number of hydrogen-bond donors (Lipinski definition) is 4. The normalized spacial score (nSPS) is 33.6. The van der Waals surface area contributed by atoms with Gasteiger partial charge >= 0.3 is 0 Å². The minimum absolute atomic E-state index is 0.0823. The van der Waals surface area contributed by atoms with E-state index in [1.54, 1.807) is 18.0 Å². The molecule has 11 heteroatoms. The van der Waals surface area contributed by atoms with Crippen molar-refractivity contribution in [2.24, 2.45) is 5.92 Å². The van der Waals surface area contributed by atoms with Gasteiger partial charge in [-0.3, -0.25) is 9.69 Å². The zero-order valence-corrected chi connectivity index (χ0v) is 26.1. The van der Waals surface area contributed by atoms with Crippen molar-refractivity contribution in [3.8, 4) is 0 Å². The second-order valence-corrected chi connectivity index (χ2v) is 14.1. The van der Waals surface area contributed by atoms with E-state index in [1.807, 2.05) is 14.0 Å². The average molecular weight is 597 g/mol. The summed E-state index contributed by atoms with van der Waals surface area (Å²) in [7, 11) is 4.14. The summed E-state index contributed by atoms with van der Waals surface area (Å²) in [6, 6.07) is 7.67. The van der Waals surface area contributed by atoms with E-state index >= 15 is 0 Å². The maximum absolute atomic E-state index is 13.6. The summed E-state index contributed by atoms with van der Waals surface area (Å²) in [6.07, 6.45) is 0.0149. The Hall–Kier alpha value is -1.05. The van der Waals surface area contributed by atoms with E-state index in [2.05, 4.69) is 58.3 Å². The second kappa shape index (κ2) is 14.4. The second-order valence-electron chi connectivity index (χ2n) is 11.7. The lowest BCUT2D eigenvalue weighted by atomic mass is 9.92.